The van der Waals surface area contributed by atoms with Crippen molar-refractivity contribution >= 4 is 6.79 Å². The maximum absolute atomic E-state index is 13.3. The van der Waals surface area contributed by atoms with Gasteiger partial charge in [0.1, 0.15) is 0 Å². The van der Waals surface area contributed by atoms with E-state index in [4.69, 9.17) is 4.74 Å². The molecule has 0 aromatic carbocycles. The van der Waals surface area contributed by atoms with Crippen molar-refractivity contribution in [1.82, 2.24) is 0 Å². The third-order valence-corrected chi connectivity index (χ3v) is 1.89. The molecule has 0 spiro atoms. The zero-order valence-corrected chi connectivity index (χ0v) is 8.56. The molecule has 0 fully saturated rings. The molecule has 1 rings (SSSR count). The highest BCUT2D eigenvalue weighted by molar-refractivity contribution is 5.43. The lowest BCUT2D eigenvalue weighted by molar-refractivity contribution is -0.417. The largest absolute Gasteiger partial charge is 0.391 e. The maximum Gasteiger partial charge on any atom is 0.207 e. The molecule has 84 valence electrons. The first-order valence-electron chi connectivity index (χ1n) is 4.67. The van der Waals surface area contributed by atoms with E-state index >= 15 is 0 Å². The fourth-order valence-electron chi connectivity index (χ4n) is 1.12. The molecule has 0 saturated carbocycles. The molecule has 1 aliphatic carbocycles. The number of carbonyl (C=O) groups excluding carboxylic acids is 1. The average Bonchev–Trinajstić information content (AvgIpc) is 2.25. The summed E-state index contributed by atoms with van der Waals surface area (Å²) in [5, 5.41) is 0. The van der Waals surface area contributed by atoms with Crippen molar-refractivity contribution in [2.45, 2.75) is 13.3 Å². The molecular weight excluding hydrogens is 202 g/mol. The van der Waals surface area contributed by atoms with Crippen molar-refractivity contribution in [3.63, 3.8) is 0 Å². The average molecular weight is 215 g/mol. The lowest BCUT2D eigenvalue weighted by Gasteiger charge is -2.29. The van der Waals surface area contributed by atoms with Gasteiger partial charge in [-0.3, -0.25) is 8.78 Å². The summed E-state index contributed by atoms with van der Waals surface area (Å²) < 4.78 is 36.0. The summed E-state index contributed by atoms with van der Waals surface area (Å²) in [5.41, 5.74) is 0. The Morgan fingerprint density at radius 2 is 2.13 bits per heavy atom. The maximum atomic E-state index is 13.3. The van der Waals surface area contributed by atoms with Crippen molar-refractivity contribution in [1.29, 1.82) is 0 Å². The van der Waals surface area contributed by atoms with E-state index in [9.17, 15) is 8.78 Å². The lowest BCUT2D eigenvalue weighted by Crippen LogP contribution is -2.13. The van der Waals surface area contributed by atoms with Gasteiger partial charge >= 0.3 is 0 Å². The number of hydrogen-bond donors (Lipinski definition) is 0. The predicted octanol–water partition coefficient (Wildman–Crippen LogP) is 2.60. The topological polar surface area (TPSA) is 20.5 Å². The normalized spacial score (nSPS) is 16.2. The first-order valence-corrected chi connectivity index (χ1v) is 4.67. The SMILES string of the molecule is C=[O+][C-]1C=C[C-](COCCC)C(F)=C1F. The quantitative estimate of drug-likeness (QED) is 0.392. The van der Waals surface area contributed by atoms with E-state index in [1.165, 1.54) is 12.2 Å². The molecule has 0 aliphatic heterocycles. The van der Waals surface area contributed by atoms with Crippen LogP contribution >= 0.6 is 0 Å². The van der Waals surface area contributed by atoms with Gasteiger partial charge in [0.25, 0.3) is 0 Å². The molecule has 0 bridgehead atoms. The molecule has 1 aliphatic rings. The number of ether oxygens (including phenoxy) is 1. The minimum absolute atomic E-state index is 0.0635. The van der Waals surface area contributed by atoms with Crippen LogP contribution < -0.4 is 0 Å². The summed E-state index contributed by atoms with van der Waals surface area (Å²) >= 11 is 0. The molecule has 0 atom stereocenters. The number of hydrogen-bond acceptors (Lipinski definition) is 1. The second-order valence-corrected chi connectivity index (χ2v) is 3.05. The second kappa shape index (κ2) is 5.56. The van der Waals surface area contributed by atoms with Crippen molar-refractivity contribution in [3.05, 3.63) is 35.8 Å². The molecule has 0 unspecified atom stereocenters. The van der Waals surface area contributed by atoms with Gasteiger partial charge in [0, 0.05) is 13.2 Å². The number of halogens is 2. The highest BCUT2D eigenvalue weighted by atomic mass is 19.2. The zero-order chi connectivity index (χ0) is 11.3. The van der Waals surface area contributed by atoms with Gasteiger partial charge in [0.2, 0.25) is 6.79 Å². The molecule has 15 heavy (non-hydrogen) atoms. The van der Waals surface area contributed by atoms with Crippen LogP contribution in [0.25, 0.3) is 0 Å². The molecule has 4 heteroatoms. The third kappa shape index (κ3) is 2.83. The van der Waals surface area contributed by atoms with Crippen LogP contribution in [0.3, 0.4) is 0 Å². The van der Waals surface area contributed by atoms with E-state index in [0.29, 0.717) is 6.61 Å². The van der Waals surface area contributed by atoms with E-state index in [-0.39, 0.29) is 18.6 Å². The lowest BCUT2D eigenvalue weighted by atomic mass is 10.0. The van der Waals surface area contributed by atoms with Crippen LogP contribution in [-0.4, -0.2) is 20.0 Å². The minimum Gasteiger partial charge on any atom is -0.391 e. The van der Waals surface area contributed by atoms with Gasteiger partial charge in [0.15, 0.2) is 6.10 Å². The minimum atomic E-state index is -1.03. The van der Waals surface area contributed by atoms with Gasteiger partial charge in [-0.1, -0.05) is 6.92 Å². The Bertz CT molecular complexity index is 284. The second-order valence-electron chi connectivity index (χ2n) is 3.05. The van der Waals surface area contributed by atoms with Gasteiger partial charge in [-0.25, -0.2) is 6.08 Å². The van der Waals surface area contributed by atoms with Crippen molar-refractivity contribution in [2.24, 2.45) is 0 Å². The van der Waals surface area contributed by atoms with E-state index in [2.05, 4.69) is 11.2 Å². The van der Waals surface area contributed by atoms with E-state index in [0.717, 1.165) is 6.42 Å². The fourth-order valence-corrected chi connectivity index (χ4v) is 1.12. The molecule has 0 amide bonds. The van der Waals surface area contributed by atoms with Crippen LogP contribution in [0.5, 0.6) is 0 Å². The van der Waals surface area contributed by atoms with Gasteiger partial charge < -0.3 is 9.16 Å². The molecule has 0 N–H and O–H groups in total. The summed E-state index contributed by atoms with van der Waals surface area (Å²) in [4.78, 5) is 0. The summed E-state index contributed by atoms with van der Waals surface area (Å²) in [6.45, 7) is 5.55. The summed E-state index contributed by atoms with van der Waals surface area (Å²) in [6.07, 6.45) is 3.39. The Morgan fingerprint density at radius 1 is 1.40 bits per heavy atom. The van der Waals surface area contributed by atoms with Crippen molar-refractivity contribution < 1.29 is 17.9 Å². The van der Waals surface area contributed by atoms with Gasteiger partial charge in [-0.2, -0.15) is 12.0 Å². The molecule has 0 aromatic heterocycles. The van der Waals surface area contributed by atoms with Crippen molar-refractivity contribution in [2.75, 3.05) is 13.2 Å². The van der Waals surface area contributed by atoms with E-state index in [1.807, 2.05) is 6.92 Å². The van der Waals surface area contributed by atoms with E-state index < -0.39 is 11.7 Å². The van der Waals surface area contributed by atoms with Crippen LogP contribution in [0.2, 0.25) is 0 Å². The first kappa shape index (κ1) is 11.8. The van der Waals surface area contributed by atoms with Crippen LogP contribution in [-0.2, 0) is 9.16 Å². The van der Waals surface area contributed by atoms with Crippen LogP contribution in [0.1, 0.15) is 13.3 Å². The smallest absolute Gasteiger partial charge is 0.207 e. The van der Waals surface area contributed by atoms with Gasteiger partial charge in [0.05, 0.1) is 5.83 Å². The molecule has 0 aromatic rings. The highest BCUT2D eigenvalue weighted by Crippen LogP contribution is 2.32. The standard InChI is InChI=1S/C11H13F2O2/c1-3-6-15-7-8-4-5-9(14-2)11(13)10(8)12/h4-5H,2-3,6-7H2,1H3/q-1. The Hall–Kier alpha value is -1.29. The summed E-state index contributed by atoms with van der Waals surface area (Å²) in [7, 11) is 0. The van der Waals surface area contributed by atoms with Crippen molar-refractivity contribution in [3.8, 4) is 0 Å². The predicted molar refractivity (Wildman–Crippen MR) is 53.1 cm³/mol. The van der Waals surface area contributed by atoms with Gasteiger partial charge in [-0.15, -0.1) is 0 Å². The Labute approximate surface area is 87.9 Å². The van der Waals surface area contributed by atoms with E-state index in [1.54, 1.807) is 0 Å². The van der Waals surface area contributed by atoms with Crippen LogP contribution in [0.4, 0.5) is 8.78 Å². The molecule has 0 heterocycles. The Kier molecular flexibility index (Phi) is 4.37. The molecule has 0 saturated heterocycles. The zero-order valence-electron chi connectivity index (χ0n) is 8.56. The highest BCUT2D eigenvalue weighted by Gasteiger charge is 2.16. The summed E-state index contributed by atoms with van der Waals surface area (Å²) in [6, 6.07) is 0. The Morgan fingerprint density at radius 3 is 2.73 bits per heavy atom. The molecule has 2 nitrogen and oxygen atoms in total. The third-order valence-electron chi connectivity index (χ3n) is 1.89. The summed E-state index contributed by atoms with van der Waals surface area (Å²) in [5.74, 6) is -1.78. The molecular formula is C11H13F2O2-. The first-order chi connectivity index (χ1) is 7.20. The van der Waals surface area contributed by atoms with Crippen LogP contribution in [0.15, 0.2) is 23.8 Å². The monoisotopic (exact) mass is 215 g/mol. The Balaban J connectivity index is 2.58. The van der Waals surface area contributed by atoms with Gasteiger partial charge in [-0.05, 0) is 12.2 Å². The molecule has 0 radical (unpaired) electrons. The number of rotatable bonds is 5. The van der Waals surface area contributed by atoms with Crippen LogP contribution in [0, 0.1) is 12.0 Å². The fraction of sp³-hybridized carbons (Fsp3) is 0.364.